The summed E-state index contributed by atoms with van der Waals surface area (Å²) in [4.78, 5) is 0. The molecule has 0 aliphatic rings. The SMILES string of the molecule is C=C(CC)COc1c(Br)cc(CN)cc1OC. The Hall–Kier alpha value is -1.00. The number of nitrogens with two attached hydrogens (primary N) is 1. The van der Waals surface area contributed by atoms with E-state index in [1.165, 1.54) is 0 Å². The van der Waals surface area contributed by atoms with Gasteiger partial charge in [-0.1, -0.05) is 13.5 Å². The van der Waals surface area contributed by atoms with Crippen LogP contribution >= 0.6 is 15.9 Å². The number of hydrogen-bond acceptors (Lipinski definition) is 3. The van der Waals surface area contributed by atoms with Crippen LogP contribution in [-0.4, -0.2) is 13.7 Å². The Balaban J connectivity index is 2.93. The maximum atomic E-state index is 5.70. The number of halogens is 1. The first kappa shape index (κ1) is 14.1. The molecule has 0 saturated carbocycles. The number of hydrogen-bond donors (Lipinski definition) is 1. The third kappa shape index (κ3) is 3.75. The van der Waals surface area contributed by atoms with Crippen LogP contribution in [0.2, 0.25) is 0 Å². The van der Waals surface area contributed by atoms with E-state index in [1.807, 2.05) is 12.1 Å². The van der Waals surface area contributed by atoms with E-state index in [9.17, 15) is 0 Å². The lowest BCUT2D eigenvalue weighted by molar-refractivity contribution is 0.315. The molecule has 0 amide bonds. The first-order valence-corrected chi connectivity index (χ1v) is 6.27. The molecule has 0 bridgehead atoms. The summed E-state index contributed by atoms with van der Waals surface area (Å²) in [5.41, 5.74) is 7.64. The highest BCUT2D eigenvalue weighted by Gasteiger charge is 2.11. The topological polar surface area (TPSA) is 44.5 Å². The summed E-state index contributed by atoms with van der Waals surface area (Å²) in [7, 11) is 1.61. The average molecular weight is 300 g/mol. The molecule has 0 radical (unpaired) electrons. The lowest BCUT2D eigenvalue weighted by Gasteiger charge is -2.14. The van der Waals surface area contributed by atoms with Gasteiger partial charge in [-0.15, -0.1) is 0 Å². The number of rotatable bonds is 6. The van der Waals surface area contributed by atoms with Gasteiger partial charge in [0.25, 0.3) is 0 Å². The molecule has 0 aromatic heterocycles. The van der Waals surface area contributed by atoms with Crippen molar-refractivity contribution in [3.05, 3.63) is 34.3 Å². The summed E-state index contributed by atoms with van der Waals surface area (Å²) in [5, 5.41) is 0. The zero-order valence-corrected chi connectivity index (χ0v) is 11.8. The van der Waals surface area contributed by atoms with Gasteiger partial charge in [-0.3, -0.25) is 0 Å². The third-order valence-corrected chi connectivity index (χ3v) is 3.03. The van der Waals surface area contributed by atoms with Crippen molar-refractivity contribution >= 4 is 15.9 Å². The first-order valence-electron chi connectivity index (χ1n) is 5.48. The van der Waals surface area contributed by atoms with Gasteiger partial charge in [0.15, 0.2) is 11.5 Å². The van der Waals surface area contributed by atoms with Crippen molar-refractivity contribution in [2.75, 3.05) is 13.7 Å². The van der Waals surface area contributed by atoms with Crippen molar-refractivity contribution in [2.24, 2.45) is 5.73 Å². The molecule has 2 N–H and O–H groups in total. The lowest BCUT2D eigenvalue weighted by Crippen LogP contribution is -2.04. The highest BCUT2D eigenvalue weighted by atomic mass is 79.9. The van der Waals surface area contributed by atoms with Crippen molar-refractivity contribution < 1.29 is 9.47 Å². The van der Waals surface area contributed by atoms with E-state index in [1.54, 1.807) is 7.11 Å². The van der Waals surface area contributed by atoms with Crippen LogP contribution < -0.4 is 15.2 Å². The van der Waals surface area contributed by atoms with E-state index in [0.29, 0.717) is 24.7 Å². The minimum Gasteiger partial charge on any atom is -0.493 e. The Labute approximate surface area is 111 Å². The Morgan fingerprint density at radius 1 is 1.47 bits per heavy atom. The zero-order chi connectivity index (χ0) is 12.8. The summed E-state index contributed by atoms with van der Waals surface area (Å²) in [5.74, 6) is 1.38. The molecule has 0 atom stereocenters. The fraction of sp³-hybridized carbons (Fsp3) is 0.385. The quantitative estimate of drug-likeness (QED) is 0.820. The molecule has 4 heteroatoms. The third-order valence-electron chi connectivity index (χ3n) is 2.45. The van der Waals surface area contributed by atoms with Crippen molar-refractivity contribution in [3.63, 3.8) is 0 Å². The van der Waals surface area contributed by atoms with Crippen LogP contribution in [0.4, 0.5) is 0 Å². The van der Waals surface area contributed by atoms with Gasteiger partial charge < -0.3 is 15.2 Å². The van der Waals surface area contributed by atoms with E-state index >= 15 is 0 Å². The fourth-order valence-corrected chi connectivity index (χ4v) is 1.91. The van der Waals surface area contributed by atoms with E-state index in [4.69, 9.17) is 15.2 Å². The van der Waals surface area contributed by atoms with Crippen LogP contribution in [0.5, 0.6) is 11.5 Å². The number of methoxy groups -OCH3 is 1. The summed E-state index contributed by atoms with van der Waals surface area (Å²) in [6.07, 6.45) is 0.904. The zero-order valence-electron chi connectivity index (χ0n) is 10.3. The van der Waals surface area contributed by atoms with Crippen LogP contribution in [0.1, 0.15) is 18.9 Å². The smallest absolute Gasteiger partial charge is 0.175 e. The van der Waals surface area contributed by atoms with E-state index in [-0.39, 0.29) is 0 Å². The molecule has 0 heterocycles. The second-order valence-electron chi connectivity index (χ2n) is 3.71. The normalized spacial score (nSPS) is 10.1. The van der Waals surface area contributed by atoms with Gasteiger partial charge in [0.1, 0.15) is 6.61 Å². The molecule has 0 spiro atoms. The van der Waals surface area contributed by atoms with Gasteiger partial charge in [-0.2, -0.15) is 0 Å². The van der Waals surface area contributed by atoms with Crippen molar-refractivity contribution in [3.8, 4) is 11.5 Å². The molecule has 94 valence electrons. The van der Waals surface area contributed by atoms with Gasteiger partial charge in [0.2, 0.25) is 0 Å². The van der Waals surface area contributed by atoms with Crippen LogP contribution in [0, 0.1) is 0 Å². The molecule has 0 unspecified atom stereocenters. The maximum Gasteiger partial charge on any atom is 0.175 e. The Morgan fingerprint density at radius 2 is 2.18 bits per heavy atom. The standard InChI is InChI=1S/C13H18BrNO2/c1-4-9(2)8-17-13-11(14)5-10(7-15)6-12(13)16-3/h5-6H,2,4,7-8,15H2,1,3H3. The van der Waals surface area contributed by atoms with Crippen LogP contribution in [-0.2, 0) is 6.54 Å². The van der Waals surface area contributed by atoms with E-state index < -0.39 is 0 Å². The van der Waals surface area contributed by atoms with Crippen molar-refractivity contribution in [1.82, 2.24) is 0 Å². The Kier molecular flexibility index (Phi) is 5.51. The fourth-order valence-electron chi connectivity index (χ4n) is 1.31. The second-order valence-corrected chi connectivity index (χ2v) is 4.56. The monoisotopic (exact) mass is 299 g/mol. The predicted molar refractivity (Wildman–Crippen MR) is 73.5 cm³/mol. The summed E-state index contributed by atoms with van der Waals surface area (Å²) >= 11 is 3.46. The second kappa shape index (κ2) is 6.67. The minimum absolute atomic E-state index is 0.469. The van der Waals surface area contributed by atoms with Crippen LogP contribution in [0.25, 0.3) is 0 Å². The van der Waals surface area contributed by atoms with Gasteiger partial charge >= 0.3 is 0 Å². The molecular weight excluding hydrogens is 282 g/mol. The van der Waals surface area contributed by atoms with E-state index in [2.05, 4.69) is 29.4 Å². The molecule has 3 nitrogen and oxygen atoms in total. The Bertz CT molecular complexity index is 405. The lowest BCUT2D eigenvalue weighted by atomic mass is 10.2. The average Bonchev–Trinajstić information content (AvgIpc) is 2.35. The molecule has 1 aromatic carbocycles. The number of benzene rings is 1. The van der Waals surface area contributed by atoms with Crippen molar-refractivity contribution in [2.45, 2.75) is 19.9 Å². The summed E-state index contributed by atoms with van der Waals surface area (Å²) in [6.45, 7) is 6.92. The molecule has 0 fully saturated rings. The molecule has 0 saturated heterocycles. The molecule has 0 aliphatic carbocycles. The van der Waals surface area contributed by atoms with E-state index in [0.717, 1.165) is 22.0 Å². The molecule has 1 rings (SSSR count). The Morgan fingerprint density at radius 3 is 2.71 bits per heavy atom. The van der Waals surface area contributed by atoms with Crippen LogP contribution in [0.3, 0.4) is 0 Å². The molecule has 1 aromatic rings. The maximum absolute atomic E-state index is 5.70. The molecule has 0 aliphatic heterocycles. The van der Waals surface area contributed by atoms with Gasteiger partial charge in [0.05, 0.1) is 11.6 Å². The first-order chi connectivity index (χ1) is 8.12. The van der Waals surface area contributed by atoms with Crippen LogP contribution in [0.15, 0.2) is 28.8 Å². The summed E-state index contributed by atoms with van der Waals surface area (Å²) < 4.78 is 11.8. The van der Waals surface area contributed by atoms with Gasteiger partial charge in [-0.25, -0.2) is 0 Å². The highest BCUT2D eigenvalue weighted by Crippen LogP contribution is 2.36. The highest BCUT2D eigenvalue weighted by molar-refractivity contribution is 9.10. The largest absolute Gasteiger partial charge is 0.493 e. The summed E-state index contributed by atoms with van der Waals surface area (Å²) in [6, 6.07) is 3.82. The number of ether oxygens (including phenoxy) is 2. The van der Waals surface area contributed by atoms with Crippen molar-refractivity contribution in [1.29, 1.82) is 0 Å². The van der Waals surface area contributed by atoms with Gasteiger partial charge in [-0.05, 0) is 45.6 Å². The molecular formula is C13H18BrNO2. The predicted octanol–water partition coefficient (Wildman–Crippen LogP) is 3.26. The van der Waals surface area contributed by atoms with Gasteiger partial charge in [0, 0.05) is 6.54 Å². The minimum atomic E-state index is 0.469. The molecule has 17 heavy (non-hydrogen) atoms.